The van der Waals surface area contributed by atoms with Crippen LogP contribution < -0.4 is 5.73 Å². The van der Waals surface area contributed by atoms with Crippen LogP contribution in [0, 0.1) is 6.92 Å². The van der Waals surface area contributed by atoms with Crippen LogP contribution in [0.2, 0.25) is 0 Å². The van der Waals surface area contributed by atoms with Gasteiger partial charge >= 0.3 is 0 Å². The number of imidazole rings is 1. The monoisotopic (exact) mass is 225 g/mol. The van der Waals surface area contributed by atoms with Gasteiger partial charge in [0.25, 0.3) is 0 Å². The van der Waals surface area contributed by atoms with Crippen LogP contribution in [0.3, 0.4) is 0 Å². The lowest BCUT2D eigenvalue weighted by molar-refractivity contribution is 1.16. The van der Waals surface area contributed by atoms with Gasteiger partial charge in [0.05, 0.1) is 5.52 Å². The SMILES string of the molecule is Cc1ccn2c(N)nc(Br)c2c1. The summed E-state index contributed by atoms with van der Waals surface area (Å²) in [6, 6.07) is 4.03. The van der Waals surface area contributed by atoms with Crippen LogP contribution in [0.1, 0.15) is 5.56 Å². The summed E-state index contributed by atoms with van der Waals surface area (Å²) >= 11 is 3.34. The van der Waals surface area contributed by atoms with Gasteiger partial charge in [-0.05, 0) is 40.5 Å². The molecule has 2 aromatic heterocycles. The van der Waals surface area contributed by atoms with Gasteiger partial charge in [0.1, 0.15) is 4.60 Å². The molecule has 4 heteroatoms. The first-order chi connectivity index (χ1) is 5.68. The number of nitrogens with zero attached hydrogens (tertiary/aromatic N) is 2. The standard InChI is InChI=1S/C8H8BrN3/c1-5-2-3-12-6(4-5)7(9)11-8(12)10/h2-4H,1H3,(H2,10,11). The maximum atomic E-state index is 5.65. The normalized spacial score (nSPS) is 10.8. The number of aryl methyl sites for hydroxylation is 1. The Morgan fingerprint density at radius 1 is 1.58 bits per heavy atom. The Balaban J connectivity index is 2.90. The second-order valence-corrected chi connectivity index (χ2v) is 3.47. The van der Waals surface area contributed by atoms with Crippen LogP contribution in [0.15, 0.2) is 22.9 Å². The van der Waals surface area contributed by atoms with Crippen molar-refractivity contribution < 1.29 is 0 Å². The summed E-state index contributed by atoms with van der Waals surface area (Å²) in [5.74, 6) is 0.511. The molecular weight excluding hydrogens is 218 g/mol. The highest BCUT2D eigenvalue weighted by molar-refractivity contribution is 9.10. The number of hydrogen-bond donors (Lipinski definition) is 1. The second-order valence-electron chi connectivity index (χ2n) is 2.72. The smallest absolute Gasteiger partial charge is 0.205 e. The largest absolute Gasteiger partial charge is 0.369 e. The third-order valence-electron chi connectivity index (χ3n) is 1.78. The molecule has 12 heavy (non-hydrogen) atoms. The topological polar surface area (TPSA) is 43.3 Å². The van der Waals surface area contributed by atoms with E-state index in [1.54, 1.807) is 0 Å². The number of rotatable bonds is 0. The van der Waals surface area contributed by atoms with Crippen molar-refractivity contribution in [2.24, 2.45) is 0 Å². The number of fused-ring (bicyclic) bond motifs is 1. The van der Waals surface area contributed by atoms with Crippen LogP contribution in [-0.2, 0) is 0 Å². The highest BCUT2D eigenvalue weighted by Gasteiger charge is 2.04. The molecule has 0 saturated heterocycles. The second kappa shape index (κ2) is 2.48. The number of pyridine rings is 1. The van der Waals surface area contributed by atoms with Gasteiger partial charge in [0.2, 0.25) is 5.95 Å². The number of nitrogens with two attached hydrogens (primary N) is 1. The van der Waals surface area contributed by atoms with E-state index < -0.39 is 0 Å². The number of halogens is 1. The van der Waals surface area contributed by atoms with Gasteiger partial charge in [-0.1, -0.05) is 0 Å². The third kappa shape index (κ3) is 0.992. The average Bonchev–Trinajstić information content (AvgIpc) is 2.28. The van der Waals surface area contributed by atoms with Gasteiger partial charge < -0.3 is 5.73 Å². The van der Waals surface area contributed by atoms with E-state index in [2.05, 4.69) is 20.9 Å². The van der Waals surface area contributed by atoms with Gasteiger partial charge in [-0.25, -0.2) is 4.98 Å². The molecule has 0 spiro atoms. The number of anilines is 1. The molecule has 0 fully saturated rings. The summed E-state index contributed by atoms with van der Waals surface area (Å²) in [6.07, 6.45) is 1.91. The minimum atomic E-state index is 0.511. The van der Waals surface area contributed by atoms with E-state index in [1.165, 1.54) is 5.56 Å². The Bertz CT molecular complexity index is 433. The molecule has 0 aliphatic rings. The molecule has 2 heterocycles. The maximum Gasteiger partial charge on any atom is 0.205 e. The summed E-state index contributed by atoms with van der Waals surface area (Å²) in [7, 11) is 0. The first kappa shape index (κ1) is 7.61. The van der Waals surface area contributed by atoms with Gasteiger partial charge in [-0.3, -0.25) is 4.40 Å². The van der Waals surface area contributed by atoms with Crippen LogP contribution in [0.4, 0.5) is 5.95 Å². The van der Waals surface area contributed by atoms with Crippen molar-refractivity contribution in [3.63, 3.8) is 0 Å². The van der Waals surface area contributed by atoms with E-state index in [4.69, 9.17) is 5.73 Å². The molecule has 3 nitrogen and oxygen atoms in total. The number of nitrogen functional groups attached to an aromatic ring is 1. The summed E-state index contributed by atoms with van der Waals surface area (Å²) in [5.41, 5.74) is 7.85. The minimum Gasteiger partial charge on any atom is -0.369 e. The molecule has 2 rings (SSSR count). The molecule has 0 saturated carbocycles. The molecule has 0 unspecified atom stereocenters. The van der Waals surface area contributed by atoms with E-state index in [0.29, 0.717) is 5.95 Å². The molecule has 2 N–H and O–H groups in total. The molecule has 2 aromatic rings. The number of hydrogen-bond acceptors (Lipinski definition) is 2. The Kier molecular flexibility index (Phi) is 1.58. The molecule has 0 amide bonds. The molecule has 0 radical (unpaired) electrons. The fraction of sp³-hybridized carbons (Fsp3) is 0.125. The quantitative estimate of drug-likeness (QED) is 0.746. The number of aromatic nitrogens is 2. The summed E-state index contributed by atoms with van der Waals surface area (Å²) in [5, 5.41) is 0. The Morgan fingerprint density at radius 2 is 2.33 bits per heavy atom. The zero-order chi connectivity index (χ0) is 8.72. The Morgan fingerprint density at radius 3 is 3.08 bits per heavy atom. The molecule has 0 aliphatic carbocycles. The lowest BCUT2D eigenvalue weighted by Crippen LogP contribution is -1.93. The summed E-state index contributed by atoms with van der Waals surface area (Å²) < 4.78 is 2.64. The van der Waals surface area contributed by atoms with Gasteiger partial charge in [-0.2, -0.15) is 0 Å². The van der Waals surface area contributed by atoms with E-state index >= 15 is 0 Å². The van der Waals surface area contributed by atoms with Crippen molar-refractivity contribution in [3.05, 3.63) is 28.5 Å². The van der Waals surface area contributed by atoms with Gasteiger partial charge in [0, 0.05) is 6.20 Å². The van der Waals surface area contributed by atoms with E-state index in [0.717, 1.165) is 10.1 Å². The highest BCUT2D eigenvalue weighted by Crippen LogP contribution is 2.20. The van der Waals surface area contributed by atoms with Crippen molar-refractivity contribution in [2.45, 2.75) is 6.92 Å². The Hall–Kier alpha value is -1.03. The highest BCUT2D eigenvalue weighted by atomic mass is 79.9. The Labute approximate surface area is 78.3 Å². The van der Waals surface area contributed by atoms with Crippen molar-refractivity contribution in [3.8, 4) is 0 Å². The van der Waals surface area contributed by atoms with Crippen LogP contribution in [0.25, 0.3) is 5.52 Å². The molecule has 62 valence electrons. The van der Waals surface area contributed by atoms with Gasteiger partial charge in [0.15, 0.2) is 0 Å². The molecule has 0 aromatic carbocycles. The summed E-state index contributed by atoms with van der Waals surface area (Å²) in [4.78, 5) is 4.09. The van der Waals surface area contributed by atoms with Crippen molar-refractivity contribution in [2.75, 3.05) is 5.73 Å². The van der Waals surface area contributed by atoms with E-state index in [1.807, 2.05) is 29.7 Å². The maximum absolute atomic E-state index is 5.65. The zero-order valence-electron chi connectivity index (χ0n) is 6.58. The fourth-order valence-corrected chi connectivity index (χ4v) is 1.66. The molecule has 0 aliphatic heterocycles. The van der Waals surface area contributed by atoms with Crippen LogP contribution in [0.5, 0.6) is 0 Å². The average molecular weight is 226 g/mol. The third-order valence-corrected chi connectivity index (χ3v) is 2.36. The first-order valence-corrected chi connectivity index (χ1v) is 4.37. The first-order valence-electron chi connectivity index (χ1n) is 3.58. The predicted octanol–water partition coefficient (Wildman–Crippen LogP) is 1.99. The molecule has 0 bridgehead atoms. The molecule has 0 atom stereocenters. The van der Waals surface area contributed by atoms with Crippen molar-refractivity contribution >= 4 is 27.4 Å². The van der Waals surface area contributed by atoms with Gasteiger partial charge in [-0.15, -0.1) is 0 Å². The van der Waals surface area contributed by atoms with Crippen LogP contribution >= 0.6 is 15.9 Å². The van der Waals surface area contributed by atoms with E-state index in [9.17, 15) is 0 Å². The minimum absolute atomic E-state index is 0.511. The lowest BCUT2D eigenvalue weighted by Gasteiger charge is -1.96. The van der Waals surface area contributed by atoms with Crippen molar-refractivity contribution in [1.82, 2.24) is 9.38 Å². The molecular formula is C8H8BrN3. The lowest BCUT2D eigenvalue weighted by atomic mass is 10.3. The fourth-order valence-electron chi connectivity index (χ4n) is 1.18. The van der Waals surface area contributed by atoms with Crippen LogP contribution in [-0.4, -0.2) is 9.38 Å². The summed E-state index contributed by atoms with van der Waals surface area (Å²) in [6.45, 7) is 2.04. The zero-order valence-corrected chi connectivity index (χ0v) is 8.17. The predicted molar refractivity (Wildman–Crippen MR) is 52.0 cm³/mol. The van der Waals surface area contributed by atoms with Crippen molar-refractivity contribution in [1.29, 1.82) is 0 Å². The van der Waals surface area contributed by atoms with E-state index in [-0.39, 0.29) is 0 Å².